The number of benzene rings is 6. The number of hydrogen-bond donors (Lipinski definition) is 0. The summed E-state index contributed by atoms with van der Waals surface area (Å²) in [5.41, 5.74) is 6.93. The van der Waals surface area contributed by atoms with E-state index in [1.54, 1.807) is 0 Å². The topological polar surface area (TPSA) is 0 Å². The van der Waals surface area contributed by atoms with Gasteiger partial charge in [-0.15, -0.1) is 0 Å². The SMILES string of the molecule is [K+].[S-]c1c(-c2ccccc2)cc(-c2c3ccccc3cc3ccccc23)cc1-c1ccccc1. The minimum atomic E-state index is 0. The molecule has 0 heterocycles. The number of rotatable bonds is 3. The zero-order chi connectivity index (χ0) is 22.2. The summed E-state index contributed by atoms with van der Waals surface area (Å²) in [6.45, 7) is 0. The van der Waals surface area contributed by atoms with Gasteiger partial charge in [-0.25, -0.2) is 0 Å². The molecule has 0 amide bonds. The van der Waals surface area contributed by atoms with Crippen molar-refractivity contribution in [2.75, 3.05) is 0 Å². The second-order valence-electron chi connectivity index (χ2n) is 8.33. The molecule has 0 spiro atoms. The molecule has 0 unspecified atom stereocenters. The van der Waals surface area contributed by atoms with Gasteiger partial charge in [0, 0.05) is 0 Å². The molecule has 6 aromatic carbocycles. The molecule has 0 saturated heterocycles. The Balaban J connectivity index is 0.00000241. The van der Waals surface area contributed by atoms with Crippen LogP contribution in [0.25, 0.3) is 54.9 Å². The Kier molecular flexibility index (Phi) is 6.98. The number of hydrogen-bond acceptors (Lipinski definition) is 1. The summed E-state index contributed by atoms with van der Waals surface area (Å²) in [5.74, 6) is 0. The van der Waals surface area contributed by atoms with E-state index in [1.807, 2.05) is 12.1 Å². The molecule has 0 radical (unpaired) electrons. The molecule has 0 aliphatic rings. The minimum absolute atomic E-state index is 0. The molecule has 0 aliphatic heterocycles. The van der Waals surface area contributed by atoms with Gasteiger partial charge in [0.1, 0.15) is 0 Å². The Bertz CT molecular complexity index is 1490. The monoisotopic (exact) mass is 476 g/mol. The average molecular weight is 477 g/mol. The molecule has 0 aliphatic carbocycles. The van der Waals surface area contributed by atoms with Gasteiger partial charge in [-0.1, -0.05) is 109 Å². The van der Waals surface area contributed by atoms with Gasteiger partial charge in [-0.05, 0) is 73.1 Å². The molecule has 0 bridgehead atoms. The van der Waals surface area contributed by atoms with Crippen LogP contribution in [-0.2, 0) is 12.6 Å². The molecular weight excluding hydrogens is 456 g/mol. The van der Waals surface area contributed by atoms with Crippen LogP contribution in [-0.4, -0.2) is 0 Å². The predicted molar refractivity (Wildman–Crippen MR) is 143 cm³/mol. The first kappa shape index (κ1) is 23.4. The Hall–Kier alpha value is -2.30. The summed E-state index contributed by atoms with van der Waals surface area (Å²) >= 11 is 6.06. The Morgan fingerprint density at radius 1 is 0.412 bits per heavy atom. The largest absolute Gasteiger partial charge is 1.00 e. The third-order valence-electron chi connectivity index (χ3n) is 6.32. The maximum atomic E-state index is 6.06. The summed E-state index contributed by atoms with van der Waals surface area (Å²) < 4.78 is 0. The van der Waals surface area contributed by atoms with Crippen molar-refractivity contribution >= 4 is 34.2 Å². The van der Waals surface area contributed by atoms with E-state index >= 15 is 0 Å². The first-order valence-corrected chi connectivity index (χ1v) is 11.6. The van der Waals surface area contributed by atoms with Gasteiger partial charge in [0.25, 0.3) is 0 Å². The zero-order valence-corrected chi connectivity index (χ0v) is 23.0. The smallest absolute Gasteiger partial charge is 0.779 e. The van der Waals surface area contributed by atoms with Crippen molar-refractivity contribution < 1.29 is 51.4 Å². The van der Waals surface area contributed by atoms with Crippen LogP contribution in [0.1, 0.15) is 0 Å². The second-order valence-corrected chi connectivity index (χ2v) is 8.73. The first-order chi connectivity index (χ1) is 16.3. The van der Waals surface area contributed by atoms with E-state index in [1.165, 1.54) is 32.7 Å². The minimum Gasteiger partial charge on any atom is -0.779 e. The summed E-state index contributed by atoms with van der Waals surface area (Å²) in [7, 11) is 0. The average Bonchev–Trinajstić information content (AvgIpc) is 2.88. The molecule has 6 rings (SSSR count). The number of fused-ring (bicyclic) bond motifs is 2. The van der Waals surface area contributed by atoms with Crippen LogP contribution in [0.4, 0.5) is 0 Å². The third kappa shape index (κ3) is 4.27. The molecule has 156 valence electrons. The van der Waals surface area contributed by atoms with Crippen LogP contribution in [0.15, 0.2) is 132 Å². The molecule has 0 fully saturated rings. The van der Waals surface area contributed by atoms with E-state index < -0.39 is 0 Å². The fourth-order valence-electron chi connectivity index (χ4n) is 4.76. The molecule has 2 heteroatoms. The van der Waals surface area contributed by atoms with E-state index in [9.17, 15) is 0 Å². The molecule has 0 aromatic heterocycles. The Labute approximate surface area is 248 Å². The van der Waals surface area contributed by atoms with Crippen LogP contribution < -0.4 is 51.4 Å². The van der Waals surface area contributed by atoms with E-state index in [0.717, 1.165) is 27.1 Å². The van der Waals surface area contributed by atoms with Gasteiger partial charge < -0.3 is 12.6 Å². The molecule has 0 saturated carbocycles. The van der Waals surface area contributed by atoms with Gasteiger partial charge in [-0.3, -0.25) is 0 Å². The van der Waals surface area contributed by atoms with Crippen LogP contribution in [0.2, 0.25) is 0 Å². The van der Waals surface area contributed by atoms with Crippen molar-refractivity contribution in [3.05, 3.63) is 127 Å². The first-order valence-electron chi connectivity index (χ1n) is 11.2. The van der Waals surface area contributed by atoms with Gasteiger partial charge >= 0.3 is 51.4 Å². The van der Waals surface area contributed by atoms with Crippen LogP contribution in [0, 0.1) is 0 Å². The van der Waals surface area contributed by atoms with E-state index in [4.69, 9.17) is 12.6 Å². The van der Waals surface area contributed by atoms with E-state index in [2.05, 4.69) is 115 Å². The van der Waals surface area contributed by atoms with Crippen molar-refractivity contribution in [2.24, 2.45) is 0 Å². The maximum Gasteiger partial charge on any atom is 1.00 e. The van der Waals surface area contributed by atoms with Crippen LogP contribution in [0.5, 0.6) is 0 Å². The van der Waals surface area contributed by atoms with Crippen LogP contribution >= 0.6 is 0 Å². The standard InChI is InChI=1S/C32H22S.K/c33-32-29(22-11-3-1-4-12-22)20-26(21-30(32)23-13-5-2-6-14-23)31-27-17-9-7-15-24(27)19-25-16-8-10-18-28(25)31;/h1-21,33H;/q;+1/p-1. The molecule has 0 atom stereocenters. The molecule has 6 aromatic rings. The van der Waals surface area contributed by atoms with E-state index in [-0.39, 0.29) is 51.4 Å². The quantitative estimate of drug-likeness (QED) is 0.174. The van der Waals surface area contributed by atoms with Gasteiger partial charge in [-0.2, -0.15) is 4.90 Å². The predicted octanol–water partition coefficient (Wildman–Crippen LogP) is 5.90. The van der Waals surface area contributed by atoms with Crippen molar-refractivity contribution in [3.63, 3.8) is 0 Å². The van der Waals surface area contributed by atoms with Crippen LogP contribution in [0.3, 0.4) is 0 Å². The van der Waals surface area contributed by atoms with Gasteiger partial charge in [0.2, 0.25) is 0 Å². The molecule has 0 N–H and O–H groups in total. The molecular formula is C32H21KS. The van der Waals surface area contributed by atoms with Crippen molar-refractivity contribution in [1.29, 1.82) is 0 Å². The maximum absolute atomic E-state index is 6.06. The molecule has 34 heavy (non-hydrogen) atoms. The van der Waals surface area contributed by atoms with Gasteiger partial charge in [0.05, 0.1) is 0 Å². The van der Waals surface area contributed by atoms with Gasteiger partial charge in [0.15, 0.2) is 0 Å². The fraction of sp³-hybridized carbons (Fsp3) is 0. The summed E-state index contributed by atoms with van der Waals surface area (Å²) in [6.07, 6.45) is 0. The van der Waals surface area contributed by atoms with E-state index in [0.29, 0.717) is 0 Å². The normalized spacial score (nSPS) is 10.8. The second kappa shape index (κ2) is 10.1. The fourth-order valence-corrected chi connectivity index (χ4v) is 5.12. The van der Waals surface area contributed by atoms with Crippen molar-refractivity contribution in [1.82, 2.24) is 0 Å². The summed E-state index contributed by atoms with van der Waals surface area (Å²) in [5, 5.41) is 5.00. The summed E-state index contributed by atoms with van der Waals surface area (Å²) in [4.78, 5) is 0.890. The van der Waals surface area contributed by atoms with Crippen molar-refractivity contribution in [3.8, 4) is 33.4 Å². The Morgan fingerprint density at radius 3 is 1.29 bits per heavy atom. The van der Waals surface area contributed by atoms with Crippen molar-refractivity contribution in [2.45, 2.75) is 4.90 Å². The summed E-state index contributed by atoms with van der Waals surface area (Å²) in [6, 6.07) is 45.1. The molecule has 0 nitrogen and oxygen atoms in total. The zero-order valence-electron chi connectivity index (χ0n) is 19.0. The third-order valence-corrected chi connectivity index (χ3v) is 6.76. The Morgan fingerprint density at radius 2 is 0.824 bits per heavy atom.